The third-order valence-corrected chi connectivity index (χ3v) is 5.08. The van der Waals surface area contributed by atoms with Crippen molar-refractivity contribution in [1.82, 2.24) is 4.90 Å². The molecular weight excluding hydrogens is 242 g/mol. The van der Waals surface area contributed by atoms with E-state index < -0.39 is 0 Å². The molecule has 4 heteroatoms. The van der Waals surface area contributed by atoms with E-state index >= 15 is 0 Å². The summed E-state index contributed by atoms with van der Waals surface area (Å²) >= 11 is 0. The zero-order chi connectivity index (χ0) is 13.7. The fourth-order valence-corrected chi connectivity index (χ4v) is 4.01. The summed E-state index contributed by atoms with van der Waals surface area (Å²) in [7, 11) is 0. The summed E-state index contributed by atoms with van der Waals surface area (Å²) in [5, 5.41) is 9.51. The van der Waals surface area contributed by atoms with Crippen LogP contribution in [-0.4, -0.2) is 34.5 Å². The fraction of sp³-hybridized carbons (Fsp3) is 0.733. The highest BCUT2D eigenvalue weighted by molar-refractivity contribution is 6.06. The average Bonchev–Trinajstić information content (AvgIpc) is 2.68. The Labute approximate surface area is 113 Å². The van der Waals surface area contributed by atoms with Crippen molar-refractivity contribution in [2.75, 3.05) is 6.61 Å². The minimum atomic E-state index is -0.370. The second-order valence-electron chi connectivity index (χ2n) is 6.38. The third-order valence-electron chi connectivity index (χ3n) is 5.08. The van der Waals surface area contributed by atoms with Gasteiger partial charge in [-0.1, -0.05) is 26.0 Å². The summed E-state index contributed by atoms with van der Waals surface area (Å²) in [5.41, 5.74) is 0. The molecule has 2 bridgehead atoms. The van der Waals surface area contributed by atoms with E-state index in [0.717, 1.165) is 12.8 Å². The fourth-order valence-electron chi connectivity index (χ4n) is 4.01. The molecule has 4 rings (SSSR count). The molecular formula is C15H21NO3. The maximum absolute atomic E-state index is 12.6. The third kappa shape index (κ3) is 1.69. The zero-order valence-electron chi connectivity index (χ0n) is 11.5. The molecule has 0 aromatic rings. The number of hydrogen-bond donors (Lipinski definition) is 1. The SMILES string of the molecule is CC(C)C(CO)N1C(=O)C2C3C=CC(CC3)C2C1=O. The molecule has 1 saturated heterocycles. The van der Waals surface area contributed by atoms with Gasteiger partial charge in [-0.05, 0) is 30.6 Å². The van der Waals surface area contributed by atoms with Crippen molar-refractivity contribution in [2.24, 2.45) is 29.6 Å². The van der Waals surface area contributed by atoms with Crippen LogP contribution in [0.25, 0.3) is 0 Å². The van der Waals surface area contributed by atoms with Crippen molar-refractivity contribution >= 4 is 11.8 Å². The predicted molar refractivity (Wildman–Crippen MR) is 69.9 cm³/mol. The molecule has 2 amide bonds. The number of aliphatic hydroxyl groups is 1. The van der Waals surface area contributed by atoms with Crippen molar-refractivity contribution in [3.63, 3.8) is 0 Å². The number of nitrogens with zero attached hydrogens (tertiary/aromatic N) is 1. The van der Waals surface area contributed by atoms with E-state index in [9.17, 15) is 14.7 Å². The molecule has 1 N–H and O–H groups in total. The maximum atomic E-state index is 12.6. The molecule has 4 aliphatic rings. The van der Waals surface area contributed by atoms with Crippen LogP contribution in [0.5, 0.6) is 0 Å². The normalized spacial score (nSPS) is 38.2. The van der Waals surface area contributed by atoms with E-state index in [-0.39, 0.29) is 54.1 Å². The van der Waals surface area contributed by atoms with E-state index in [1.54, 1.807) is 0 Å². The zero-order valence-corrected chi connectivity index (χ0v) is 11.5. The number of aliphatic hydroxyl groups excluding tert-OH is 1. The predicted octanol–water partition coefficient (Wildman–Crippen LogP) is 1.20. The minimum absolute atomic E-state index is 0.0539. The Balaban J connectivity index is 1.94. The molecule has 4 nitrogen and oxygen atoms in total. The minimum Gasteiger partial charge on any atom is -0.394 e. The van der Waals surface area contributed by atoms with Gasteiger partial charge in [-0.2, -0.15) is 0 Å². The van der Waals surface area contributed by atoms with Gasteiger partial charge in [-0.25, -0.2) is 0 Å². The lowest BCUT2D eigenvalue weighted by Gasteiger charge is -2.38. The number of carbonyl (C=O) groups is 2. The number of hydrogen-bond acceptors (Lipinski definition) is 3. The Morgan fingerprint density at radius 1 is 1.16 bits per heavy atom. The largest absolute Gasteiger partial charge is 0.394 e. The number of carbonyl (C=O) groups excluding carboxylic acids is 2. The highest BCUT2D eigenvalue weighted by atomic mass is 16.3. The number of rotatable bonds is 3. The molecule has 0 radical (unpaired) electrons. The van der Waals surface area contributed by atoms with Gasteiger partial charge >= 0.3 is 0 Å². The summed E-state index contributed by atoms with van der Waals surface area (Å²) in [6.07, 6.45) is 6.27. The van der Waals surface area contributed by atoms with Crippen molar-refractivity contribution < 1.29 is 14.7 Å². The van der Waals surface area contributed by atoms with Crippen LogP contribution in [0.2, 0.25) is 0 Å². The van der Waals surface area contributed by atoms with Crippen LogP contribution in [-0.2, 0) is 9.59 Å². The van der Waals surface area contributed by atoms with E-state index in [1.165, 1.54) is 4.90 Å². The number of amides is 2. The number of likely N-dealkylation sites (tertiary alicyclic amines) is 1. The molecule has 1 saturated carbocycles. The summed E-state index contributed by atoms with van der Waals surface area (Å²) < 4.78 is 0. The lowest BCUT2D eigenvalue weighted by molar-refractivity contribution is -0.145. The second-order valence-corrected chi connectivity index (χ2v) is 6.38. The van der Waals surface area contributed by atoms with Gasteiger partial charge in [0.2, 0.25) is 11.8 Å². The van der Waals surface area contributed by atoms with E-state index in [2.05, 4.69) is 12.2 Å². The van der Waals surface area contributed by atoms with Gasteiger partial charge in [-0.15, -0.1) is 0 Å². The number of allylic oxidation sites excluding steroid dienone is 2. The first-order valence-corrected chi connectivity index (χ1v) is 7.22. The lowest BCUT2D eigenvalue weighted by Crippen LogP contribution is -2.46. The van der Waals surface area contributed by atoms with Gasteiger partial charge < -0.3 is 5.11 Å². The summed E-state index contributed by atoms with van der Waals surface area (Å²) in [6.45, 7) is 3.74. The Hall–Kier alpha value is -1.16. The molecule has 5 unspecified atom stereocenters. The van der Waals surface area contributed by atoms with Crippen molar-refractivity contribution in [1.29, 1.82) is 0 Å². The van der Waals surface area contributed by atoms with Crippen LogP contribution in [0, 0.1) is 29.6 Å². The van der Waals surface area contributed by atoms with Gasteiger partial charge in [0, 0.05) is 0 Å². The lowest BCUT2D eigenvalue weighted by atomic mass is 9.63. The molecule has 3 aliphatic carbocycles. The maximum Gasteiger partial charge on any atom is 0.234 e. The quantitative estimate of drug-likeness (QED) is 0.615. The summed E-state index contributed by atoms with van der Waals surface area (Å²) in [4.78, 5) is 26.6. The van der Waals surface area contributed by atoms with Crippen molar-refractivity contribution in [3.8, 4) is 0 Å². The van der Waals surface area contributed by atoms with Gasteiger partial charge in [0.05, 0.1) is 24.5 Å². The van der Waals surface area contributed by atoms with Crippen LogP contribution in [0.15, 0.2) is 12.2 Å². The molecule has 1 aliphatic heterocycles. The molecule has 0 aromatic carbocycles. The van der Waals surface area contributed by atoms with Crippen LogP contribution in [0.4, 0.5) is 0 Å². The molecule has 19 heavy (non-hydrogen) atoms. The number of imide groups is 1. The first-order chi connectivity index (χ1) is 9.06. The van der Waals surface area contributed by atoms with Crippen LogP contribution < -0.4 is 0 Å². The summed E-state index contributed by atoms with van der Waals surface area (Å²) in [6, 6.07) is -0.370. The van der Waals surface area contributed by atoms with Gasteiger partial charge in [-0.3, -0.25) is 14.5 Å². The van der Waals surface area contributed by atoms with Gasteiger partial charge in [0.15, 0.2) is 0 Å². The molecule has 5 atom stereocenters. The van der Waals surface area contributed by atoms with Crippen LogP contribution in [0.1, 0.15) is 26.7 Å². The van der Waals surface area contributed by atoms with Crippen molar-refractivity contribution in [2.45, 2.75) is 32.7 Å². The molecule has 1 heterocycles. The molecule has 0 aromatic heterocycles. The smallest absolute Gasteiger partial charge is 0.234 e. The van der Waals surface area contributed by atoms with Crippen molar-refractivity contribution in [3.05, 3.63) is 12.2 Å². The second kappa shape index (κ2) is 4.44. The Morgan fingerprint density at radius 2 is 1.63 bits per heavy atom. The molecule has 0 spiro atoms. The Bertz CT molecular complexity index is 411. The standard InChI is InChI=1S/C15H21NO3/c1-8(2)11(7-17)16-14(18)12-9-3-4-10(6-5-9)13(12)15(16)19/h3-4,8-13,17H,5-7H2,1-2H3. The van der Waals surface area contributed by atoms with E-state index in [1.807, 2.05) is 13.8 Å². The van der Waals surface area contributed by atoms with Gasteiger partial charge in [0.25, 0.3) is 0 Å². The van der Waals surface area contributed by atoms with Gasteiger partial charge in [0.1, 0.15) is 0 Å². The first-order valence-electron chi connectivity index (χ1n) is 7.22. The first kappa shape index (κ1) is 12.9. The molecule has 2 fully saturated rings. The highest BCUT2D eigenvalue weighted by Crippen LogP contribution is 2.50. The Morgan fingerprint density at radius 3 is 1.95 bits per heavy atom. The Kier molecular flexibility index (Phi) is 3.01. The van der Waals surface area contributed by atoms with Crippen LogP contribution >= 0.6 is 0 Å². The average molecular weight is 263 g/mol. The van der Waals surface area contributed by atoms with E-state index in [0.29, 0.717) is 0 Å². The highest BCUT2D eigenvalue weighted by Gasteiger charge is 2.57. The monoisotopic (exact) mass is 263 g/mol. The van der Waals surface area contributed by atoms with E-state index in [4.69, 9.17) is 0 Å². The summed E-state index contributed by atoms with van der Waals surface area (Å²) in [5.74, 6) is 0.103. The number of fused-ring (bicyclic) bond motifs is 1. The van der Waals surface area contributed by atoms with Crippen LogP contribution in [0.3, 0.4) is 0 Å². The topological polar surface area (TPSA) is 57.6 Å². The molecule has 104 valence electrons.